The number of hydrogen-bond donors (Lipinski definition) is 0. The molecule has 0 saturated heterocycles. The number of carbonyl (C=O) groups is 1. The average molecular weight is 495 g/mol. The summed E-state index contributed by atoms with van der Waals surface area (Å²) in [7, 11) is -5.28. The molecule has 0 radical (unpaired) electrons. The molecule has 0 aliphatic rings. The molecule has 0 spiro atoms. The fourth-order valence-electron chi connectivity index (χ4n) is 4.02. The zero-order chi connectivity index (χ0) is 24.5. The monoisotopic (exact) mass is 494 g/mol. The van der Waals surface area contributed by atoms with Gasteiger partial charge in [-0.1, -0.05) is 13.8 Å². The Hall–Kier alpha value is -0.136. The van der Waals surface area contributed by atoms with E-state index in [1.807, 2.05) is 55.4 Å². The smallest absolute Gasteiger partial charge is 0.374 e. The second-order valence-corrected chi connectivity index (χ2v) is 13.4. The van der Waals surface area contributed by atoms with Crippen molar-refractivity contribution in [2.45, 2.75) is 93.2 Å². The molecule has 0 aromatic carbocycles. The van der Waals surface area contributed by atoms with Gasteiger partial charge in [-0.05, 0) is 67.2 Å². The Kier molecular flexibility index (Phi) is 18.1. The molecule has 0 aliphatic carbocycles. The van der Waals surface area contributed by atoms with Gasteiger partial charge in [-0.15, -0.1) is 0 Å². The lowest BCUT2D eigenvalue weighted by molar-refractivity contribution is -0.126. The predicted octanol–water partition coefficient (Wildman–Crippen LogP) is 5.48. The second kappa shape index (κ2) is 18.2. The summed E-state index contributed by atoms with van der Waals surface area (Å²) >= 11 is 0. The Morgan fingerprint density at radius 2 is 0.812 bits per heavy atom. The molecule has 32 heavy (non-hydrogen) atoms. The van der Waals surface area contributed by atoms with Crippen molar-refractivity contribution >= 4 is 23.4 Å². The highest BCUT2D eigenvalue weighted by Crippen LogP contribution is 2.25. The van der Waals surface area contributed by atoms with Crippen LogP contribution in [0.4, 0.5) is 0 Å². The Labute approximate surface area is 199 Å². The van der Waals surface area contributed by atoms with Gasteiger partial charge in [-0.25, -0.2) is 0 Å². The van der Waals surface area contributed by atoms with Gasteiger partial charge in [-0.2, -0.15) is 0 Å². The van der Waals surface area contributed by atoms with Gasteiger partial charge in [-0.3, -0.25) is 4.79 Å². The molecule has 9 heteroatoms. The number of Topliss-reactive ketones (excluding diaryl/α,β-unsaturated/α-hetero) is 1. The first-order chi connectivity index (χ1) is 15.3. The van der Waals surface area contributed by atoms with E-state index >= 15 is 0 Å². The average Bonchev–Trinajstić information content (AvgIpc) is 2.74. The highest BCUT2D eigenvalue weighted by Gasteiger charge is 2.41. The highest BCUT2D eigenvalue weighted by atomic mass is 28.4. The lowest BCUT2D eigenvalue weighted by Gasteiger charge is -2.29. The van der Waals surface area contributed by atoms with Crippen LogP contribution in [-0.2, 0) is 31.4 Å². The topological polar surface area (TPSA) is 72.5 Å². The van der Waals surface area contributed by atoms with Crippen molar-refractivity contribution in [3.05, 3.63) is 0 Å². The van der Waals surface area contributed by atoms with E-state index in [2.05, 4.69) is 0 Å². The van der Waals surface area contributed by atoms with Crippen LogP contribution >= 0.6 is 0 Å². The maximum atomic E-state index is 12.9. The van der Waals surface area contributed by atoms with Crippen molar-refractivity contribution in [2.75, 3.05) is 39.6 Å². The van der Waals surface area contributed by atoms with Crippen LogP contribution in [0.1, 0.15) is 81.1 Å². The van der Waals surface area contributed by atoms with Gasteiger partial charge in [0, 0.05) is 63.6 Å². The van der Waals surface area contributed by atoms with Crippen LogP contribution in [0.3, 0.4) is 0 Å². The van der Waals surface area contributed by atoms with E-state index < -0.39 is 17.6 Å². The van der Waals surface area contributed by atoms with E-state index in [1.54, 1.807) is 0 Å². The maximum Gasteiger partial charge on any atom is 0.500 e. The lowest BCUT2D eigenvalue weighted by atomic mass is 9.89. The molecule has 0 aromatic rings. The van der Waals surface area contributed by atoms with Crippen LogP contribution in [0.15, 0.2) is 0 Å². The van der Waals surface area contributed by atoms with Crippen molar-refractivity contribution in [3.63, 3.8) is 0 Å². The van der Waals surface area contributed by atoms with E-state index in [4.69, 9.17) is 26.6 Å². The first-order valence-electron chi connectivity index (χ1n) is 12.7. The summed E-state index contributed by atoms with van der Waals surface area (Å²) in [6.45, 7) is 19.3. The lowest BCUT2D eigenvalue weighted by Crippen LogP contribution is -2.46. The van der Waals surface area contributed by atoms with Crippen molar-refractivity contribution in [1.82, 2.24) is 0 Å². The number of carbonyl (C=O) groups excluding carboxylic acids is 1. The zero-order valence-electron chi connectivity index (χ0n) is 22.0. The maximum absolute atomic E-state index is 12.9. The van der Waals surface area contributed by atoms with Gasteiger partial charge in [0.2, 0.25) is 0 Å². The minimum Gasteiger partial charge on any atom is -0.374 e. The van der Waals surface area contributed by atoms with Gasteiger partial charge in [0.15, 0.2) is 0 Å². The quantitative estimate of drug-likeness (QED) is 0.184. The molecule has 2 unspecified atom stereocenters. The number of hydrogen-bond acceptors (Lipinski definition) is 7. The van der Waals surface area contributed by atoms with E-state index in [-0.39, 0.29) is 11.8 Å². The molecule has 192 valence electrons. The second-order valence-electron chi connectivity index (χ2n) is 7.95. The molecule has 0 aliphatic heterocycles. The predicted molar refractivity (Wildman–Crippen MR) is 133 cm³/mol. The van der Waals surface area contributed by atoms with Crippen molar-refractivity contribution in [2.24, 2.45) is 11.8 Å². The summed E-state index contributed by atoms with van der Waals surface area (Å²) in [5.74, 6) is 0.335. The van der Waals surface area contributed by atoms with E-state index in [1.165, 1.54) is 0 Å². The van der Waals surface area contributed by atoms with Crippen molar-refractivity contribution in [3.8, 4) is 0 Å². The summed E-state index contributed by atoms with van der Waals surface area (Å²) < 4.78 is 35.5. The largest absolute Gasteiger partial charge is 0.500 e. The van der Waals surface area contributed by atoms with Gasteiger partial charge >= 0.3 is 17.6 Å². The summed E-state index contributed by atoms with van der Waals surface area (Å²) in [6.07, 6.45) is 3.36. The van der Waals surface area contributed by atoms with E-state index in [9.17, 15) is 4.79 Å². The highest BCUT2D eigenvalue weighted by molar-refractivity contribution is 6.61. The Balaban J connectivity index is 4.68. The third kappa shape index (κ3) is 11.8. The van der Waals surface area contributed by atoms with Gasteiger partial charge < -0.3 is 26.6 Å². The number of rotatable bonds is 22. The van der Waals surface area contributed by atoms with Gasteiger partial charge in [0.05, 0.1) is 0 Å². The molecule has 0 fully saturated rings. The van der Waals surface area contributed by atoms with Crippen molar-refractivity contribution < 1.29 is 31.4 Å². The van der Waals surface area contributed by atoms with E-state index in [0.717, 1.165) is 37.8 Å². The van der Waals surface area contributed by atoms with Crippen LogP contribution < -0.4 is 0 Å². The summed E-state index contributed by atoms with van der Waals surface area (Å²) in [5, 5.41) is 0. The molecule has 0 rings (SSSR count). The molecular weight excluding hydrogens is 444 g/mol. The molecule has 0 aromatic heterocycles. The minimum atomic E-state index is -2.64. The Morgan fingerprint density at radius 1 is 0.562 bits per heavy atom. The third-order valence-corrected chi connectivity index (χ3v) is 11.7. The van der Waals surface area contributed by atoms with Crippen molar-refractivity contribution in [1.29, 1.82) is 0 Å². The molecule has 0 saturated carbocycles. The molecular formula is C23H50O7Si2. The van der Waals surface area contributed by atoms with Crippen LogP contribution in [0.5, 0.6) is 0 Å². The zero-order valence-corrected chi connectivity index (χ0v) is 24.0. The fraction of sp³-hybridized carbons (Fsp3) is 0.957. The SMILES string of the molecule is CCO[Si](CCCC(C)C(=O)C(C)CCC[Si](OCC)(OCC)OCC)(OCC)OCC. The first kappa shape index (κ1) is 31.9. The molecule has 0 heterocycles. The molecule has 0 amide bonds. The van der Waals surface area contributed by atoms with Crippen LogP contribution in [0.2, 0.25) is 12.1 Å². The van der Waals surface area contributed by atoms with Crippen LogP contribution in [0, 0.1) is 11.8 Å². The molecule has 0 bridgehead atoms. The summed E-state index contributed by atoms with van der Waals surface area (Å²) in [4.78, 5) is 12.9. The third-order valence-electron chi connectivity index (χ3n) is 5.40. The number of ketones is 1. The van der Waals surface area contributed by atoms with E-state index in [0.29, 0.717) is 45.4 Å². The summed E-state index contributed by atoms with van der Waals surface area (Å²) in [5.41, 5.74) is 0. The van der Waals surface area contributed by atoms with Crippen LogP contribution in [-0.4, -0.2) is 63.0 Å². The minimum absolute atomic E-state index is 0.00857. The standard InChI is InChI=1S/C23H50O7Si2/c1-9-25-31(26-10-2,27-11-3)19-15-17-21(7)23(24)22(8)18-16-20-32(28-12-4,29-13-5)30-14-6/h21-22H,9-20H2,1-8H3. The van der Waals surface area contributed by atoms with Gasteiger partial charge in [0.1, 0.15) is 5.78 Å². The molecule has 2 atom stereocenters. The van der Waals surface area contributed by atoms with Crippen LogP contribution in [0.25, 0.3) is 0 Å². The molecule has 7 nitrogen and oxygen atoms in total. The first-order valence-corrected chi connectivity index (χ1v) is 16.5. The fourth-order valence-corrected chi connectivity index (χ4v) is 9.30. The Bertz CT molecular complexity index is 405. The normalized spacial score (nSPS) is 14.5. The van der Waals surface area contributed by atoms with Gasteiger partial charge in [0.25, 0.3) is 0 Å². The Morgan fingerprint density at radius 3 is 1.03 bits per heavy atom. The summed E-state index contributed by atoms with van der Waals surface area (Å²) in [6, 6.07) is 1.50. The molecule has 0 N–H and O–H groups in total.